The van der Waals surface area contributed by atoms with Crippen LogP contribution in [0.4, 0.5) is 35.2 Å². The Hall–Kier alpha value is -3.94. The highest BCUT2D eigenvalue weighted by molar-refractivity contribution is 6.02. The SMILES string of the molecule is Cc1cn2cc(NC(=O)N3CCc4c(N5CCNC(C)(C)C5)ccnc43)cnc2n1.O=C(O)C(F)(F)F. The monoisotopic (exact) mass is 520 g/mol. The number of aliphatic carboxylic acids is 1. The van der Waals surface area contributed by atoms with E-state index in [1.807, 2.05) is 23.7 Å². The Kier molecular flexibility index (Phi) is 6.95. The van der Waals surface area contributed by atoms with Gasteiger partial charge in [0.2, 0.25) is 5.78 Å². The molecule has 2 aliphatic heterocycles. The summed E-state index contributed by atoms with van der Waals surface area (Å²) in [7, 11) is 0. The minimum atomic E-state index is -5.08. The highest BCUT2D eigenvalue weighted by Crippen LogP contribution is 2.35. The molecule has 0 aromatic carbocycles. The number of carbonyl (C=O) groups excluding carboxylic acids is 1. The number of urea groups is 1. The van der Waals surface area contributed by atoms with Gasteiger partial charge in [-0.15, -0.1) is 0 Å². The second kappa shape index (κ2) is 9.84. The van der Waals surface area contributed by atoms with Gasteiger partial charge in [0.15, 0.2) is 0 Å². The van der Waals surface area contributed by atoms with Gasteiger partial charge in [0, 0.05) is 61.6 Å². The number of rotatable bonds is 2. The van der Waals surface area contributed by atoms with Crippen LogP contribution < -0.4 is 20.4 Å². The van der Waals surface area contributed by atoms with Gasteiger partial charge in [-0.25, -0.2) is 24.5 Å². The van der Waals surface area contributed by atoms with Crippen molar-refractivity contribution in [3.05, 3.63) is 42.1 Å². The molecule has 0 radical (unpaired) electrons. The minimum Gasteiger partial charge on any atom is -0.475 e. The summed E-state index contributed by atoms with van der Waals surface area (Å²) in [6.07, 6.45) is 2.85. The quantitative estimate of drug-likeness (QED) is 0.471. The van der Waals surface area contributed by atoms with Gasteiger partial charge in [-0.1, -0.05) is 0 Å². The van der Waals surface area contributed by atoms with Crippen molar-refractivity contribution in [1.29, 1.82) is 0 Å². The fraction of sp³-hybridized carbons (Fsp3) is 0.435. The van der Waals surface area contributed by atoms with Gasteiger partial charge in [0.25, 0.3) is 0 Å². The van der Waals surface area contributed by atoms with Gasteiger partial charge in [-0.05, 0) is 33.3 Å². The third-order valence-corrected chi connectivity index (χ3v) is 5.93. The van der Waals surface area contributed by atoms with Gasteiger partial charge in [0.1, 0.15) is 5.82 Å². The van der Waals surface area contributed by atoms with Crippen molar-refractivity contribution >= 4 is 35.0 Å². The molecule has 0 aliphatic carbocycles. The lowest BCUT2D eigenvalue weighted by Crippen LogP contribution is -2.57. The summed E-state index contributed by atoms with van der Waals surface area (Å²) in [5.41, 5.74) is 3.89. The Morgan fingerprint density at radius 2 is 1.92 bits per heavy atom. The molecule has 1 fully saturated rings. The van der Waals surface area contributed by atoms with E-state index in [4.69, 9.17) is 9.90 Å². The summed E-state index contributed by atoms with van der Waals surface area (Å²) in [6.45, 7) is 9.77. The number of carboxylic acids is 1. The van der Waals surface area contributed by atoms with Gasteiger partial charge in [-0.3, -0.25) is 9.30 Å². The maximum Gasteiger partial charge on any atom is 0.490 e. The van der Waals surface area contributed by atoms with Crippen molar-refractivity contribution in [2.24, 2.45) is 0 Å². The molecule has 0 atom stereocenters. The molecule has 0 spiro atoms. The fourth-order valence-electron chi connectivity index (χ4n) is 4.37. The maximum absolute atomic E-state index is 13.0. The van der Waals surface area contributed by atoms with Gasteiger partial charge in [-0.2, -0.15) is 13.2 Å². The highest BCUT2D eigenvalue weighted by atomic mass is 19.4. The number of anilines is 3. The first kappa shape index (κ1) is 26.1. The lowest BCUT2D eigenvalue weighted by Gasteiger charge is -2.41. The predicted molar refractivity (Wildman–Crippen MR) is 130 cm³/mol. The molecular weight excluding hydrogens is 493 g/mol. The normalized spacial score (nSPS) is 16.7. The summed E-state index contributed by atoms with van der Waals surface area (Å²) < 4.78 is 33.5. The van der Waals surface area contributed by atoms with Crippen LogP contribution in [0.5, 0.6) is 0 Å². The zero-order valence-corrected chi connectivity index (χ0v) is 20.5. The third-order valence-electron chi connectivity index (χ3n) is 5.93. The number of carboxylic acid groups (broad SMARTS) is 1. The first-order valence-corrected chi connectivity index (χ1v) is 11.5. The molecule has 0 unspecified atom stereocenters. The molecule has 3 aromatic heterocycles. The van der Waals surface area contributed by atoms with Crippen LogP contribution in [0.1, 0.15) is 25.1 Å². The molecule has 198 valence electrons. The van der Waals surface area contributed by atoms with E-state index < -0.39 is 12.1 Å². The number of nitrogens with one attached hydrogen (secondary N) is 2. The van der Waals surface area contributed by atoms with Crippen LogP contribution in [-0.4, -0.2) is 74.4 Å². The zero-order chi connectivity index (χ0) is 27.0. The summed E-state index contributed by atoms with van der Waals surface area (Å²) in [5.74, 6) is -1.40. The van der Waals surface area contributed by atoms with Crippen LogP contribution in [0, 0.1) is 6.92 Å². The second-order valence-corrected chi connectivity index (χ2v) is 9.43. The number of hydrogen-bond acceptors (Lipinski definition) is 7. The first-order chi connectivity index (χ1) is 17.3. The van der Waals surface area contributed by atoms with E-state index in [0.29, 0.717) is 18.0 Å². The molecule has 0 bridgehead atoms. The molecular formula is C23H27F3N8O3. The number of piperazine rings is 1. The van der Waals surface area contributed by atoms with E-state index >= 15 is 0 Å². The van der Waals surface area contributed by atoms with Gasteiger partial charge >= 0.3 is 18.2 Å². The Morgan fingerprint density at radius 1 is 1.19 bits per heavy atom. The number of carbonyl (C=O) groups is 2. The number of imidazole rings is 1. The largest absolute Gasteiger partial charge is 0.490 e. The molecule has 3 N–H and O–H groups in total. The van der Waals surface area contributed by atoms with E-state index in [1.54, 1.807) is 17.3 Å². The Morgan fingerprint density at radius 3 is 2.59 bits per heavy atom. The van der Waals surface area contributed by atoms with E-state index in [-0.39, 0.29) is 11.6 Å². The molecule has 0 saturated carbocycles. The first-order valence-electron chi connectivity index (χ1n) is 11.5. The van der Waals surface area contributed by atoms with Crippen LogP contribution in [0.25, 0.3) is 5.78 Å². The van der Waals surface area contributed by atoms with Crippen molar-refractivity contribution in [2.45, 2.75) is 38.9 Å². The number of halogens is 3. The Labute approximate surface area is 210 Å². The molecule has 5 heterocycles. The van der Waals surface area contributed by atoms with Crippen LogP contribution in [0.3, 0.4) is 0 Å². The third kappa shape index (κ3) is 5.90. The predicted octanol–water partition coefficient (Wildman–Crippen LogP) is 2.85. The number of pyridine rings is 1. The fourth-order valence-corrected chi connectivity index (χ4v) is 4.37. The van der Waals surface area contributed by atoms with Crippen molar-refractivity contribution < 1.29 is 27.9 Å². The van der Waals surface area contributed by atoms with E-state index in [1.165, 1.54) is 5.69 Å². The number of alkyl halides is 3. The van der Waals surface area contributed by atoms with Crippen molar-refractivity contribution in [1.82, 2.24) is 24.7 Å². The number of fused-ring (bicyclic) bond motifs is 2. The molecule has 37 heavy (non-hydrogen) atoms. The van der Waals surface area contributed by atoms with E-state index in [2.05, 4.69) is 50.4 Å². The van der Waals surface area contributed by atoms with E-state index in [9.17, 15) is 18.0 Å². The smallest absolute Gasteiger partial charge is 0.475 e. The maximum atomic E-state index is 13.0. The Balaban J connectivity index is 0.000000405. The number of aromatic nitrogens is 4. The Bertz CT molecular complexity index is 1320. The number of hydrogen-bond donors (Lipinski definition) is 3. The summed E-state index contributed by atoms with van der Waals surface area (Å²) in [6, 6.07) is 1.87. The molecule has 2 amide bonds. The molecule has 2 aliphatic rings. The zero-order valence-electron chi connectivity index (χ0n) is 20.5. The van der Waals surface area contributed by atoms with Crippen molar-refractivity contribution in [3.63, 3.8) is 0 Å². The van der Waals surface area contributed by atoms with Gasteiger partial charge in [0.05, 0.1) is 17.6 Å². The summed E-state index contributed by atoms with van der Waals surface area (Å²) >= 11 is 0. The van der Waals surface area contributed by atoms with E-state index in [0.717, 1.165) is 43.1 Å². The van der Waals surface area contributed by atoms with Crippen LogP contribution in [0.2, 0.25) is 0 Å². The standard InChI is InChI=1S/C21H26N8O.C2HF3O2/c1-14-11-28-12-15(10-23-19(28)25-14)26-20(30)29-8-5-16-17(4-6-22-18(16)29)27-9-7-24-21(2,3)13-27;3-2(4,5)1(6)7/h4,6,10-12,24H,5,7-9,13H2,1-3H3,(H,26,30);(H,6,7). The van der Waals surface area contributed by atoms with Crippen LogP contribution in [-0.2, 0) is 11.2 Å². The summed E-state index contributed by atoms with van der Waals surface area (Å²) in [4.78, 5) is 39.2. The lowest BCUT2D eigenvalue weighted by molar-refractivity contribution is -0.192. The average molecular weight is 521 g/mol. The lowest BCUT2D eigenvalue weighted by atomic mass is 10.0. The number of amides is 2. The topological polar surface area (TPSA) is 128 Å². The highest BCUT2D eigenvalue weighted by Gasteiger charge is 2.38. The number of aryl methyl sites for hydroxylation is 1. The van der Waals surface area contributed by atoms with Crippen LogP contribution in [0.15, 0.2) is 30.9 Å². The minimum absolute atomic E-state index is 0.0569. The molecule has 11 nitrogen and oxygen atoms in total. The van der Waals surface area contributed by atoms with Gasteiger partial charge < -0.3 is 20.6 Å². The summed E-state index contributed by atoms with van der Waals surface area (Å²) in [5, 5.41) is 13.6. The molecule has 3 aromatic rings. The molecule has 5 rings (SSSR count). The second-order valence-electron chi connectivity index (χ2n) is 9.43. The average Bonchev–Trinajstić information content (AvgIpc) is 3.40. The molecule has 14 heteroatoms. The number of nitrogens with zero attached hydrogens (tertiary/aromatic N) is 6. The van der Waals surface area contributed by atoms with Crippen molar-refractivity contribution in [3.8, 4) is 0 Å². The van der Waals surface area contributed by atoms with Crippen LogP contribution >= 0.6 is 0 Å². The molecule has 1 saturated heterocycles. The van der Waals surface area contributed by atoms with Crippen molar-refractivity contribution in [2.75, 3.05) is 41.3 Å².